The molecule has 0 radical (unpaired) electrons. The number of thiol groups is 1. The summed E-state index contributed by atoms with van der Waals surface area (Å²) in [6.45, 7) is 1.88. The fraction of sp³-hybridized carbons (Fsp3) is 0.200. The lowest BCUT2D eigenvalue weighted by Gasteiger charge is -1.98. The molecule has 0 amide bonds. The van der Waals surface area contributed by atoms with Crippen LogP contribution in [0.3, 0.4) is 0 Å². The van der Waals surface area contributed by atoms with Gasteiger partial charge in [-0.15, -0.1) is 0 Å². The molecule has 1 aromatic rings. The fourth-order valence-electron chi connectivity index (χ4n) is 0.971. The minimum Gasteiger partial charge on any atom is -0.508 e. The van der Waals surface area contributed by atoms with E-state index in [1.54, 1.807) is 6.07 Å². The zero-order valence-corrected chi connectivity index (χ0v) is 7.88. The van der Waals surface area contributed by atoms with Gasteiger partial charge in [0.15, 0.2) is 0 Å². The van der Waals surface area contributed by atoms with Gasteiger partial charge in [-0.1, -0.05) is 18.2 Å². The Bertz CT molecular complexity index is 292. The number of rotatable bonds is 2. The van der Waals surface area contributed by atoms with Gasteiger partial charge < -0.3 is 5.11 Å². The van der Waals surface area contributed by atoms with E-state index in [4.69, 9.17) is 0 Å². The van der Waals surface area contributed by atoms with E-state index in [0.29, 0.717) is 5.75 Å². The Labute approximate surface area is 78.2 Å². The van der Waals surface area contributed by atoms with Gasteiger partial charge in [0.25, 0.3) is 0 Å². The highest BCUT2D eigenvalue weighted by molar-refractivity contribution is 7.80. The summed E-state index contributed by atoms with van der Waals surface area (Å²) in [5.41, 5.74) is 2.00. The van der Waals surface area contributed by atoms with Crippen molar-refractivity contribution < 1.29 is 5.11 Å². The van der Waals surface area contributed by atoms with Crippen LogP contribution < -0.4 is 0 Å². The first-order valence-corrected chi connectivity index (χ1v) is 4.44. The monoisotopic (exact) mass is 180 g/mol. The van der Waals surface area contributed by atoms with E-state index in [-0.39, 0.29) is 0 Å². The molecule has 0 saturated carbocycles. The van der Waals surface area contributed by atoms with Gasteiger partial charge in [-0.3, -0.25) is 0 Å². The van der Waals surface area contributed by atoms with E-state index in [2.05, 4.69) is 12.6 Å². The predicted octanol–water partition coefficient (Wildman–Crippen LogP) is 2.64. The first-order valence-electron chi connectivity index (χ1n) is 3.81. The minimum absolute atomic E-state index is 0.345. The molecule has 0 bridgehead atoms. The Kier molecular flexibility index (Phi) is 3.23. The van der Waals surface area contributed by atoms with Crippen LogP contribution in [-0.4, -0.2) is 10.9 Å². The van der Waals surface area contributed by atoms with Crippen LogP contribution in [0.1, 0.15) is 11.1 Å². The lowest BCUT2D eigenvalue weighted by atomic mass is 10.1. The van der Waals surface area contributed by atoms with Gasteiger partial charge >= 0.3 is 0 Å². The molecule has 0 aliphatic heterocycles. The molecule has 12 heavy (non-hydrogen) atoms. The minimum atomic E-state index is 0.345. The van der Waals surface area contributed by atoms with Crippen molar-refractivity contribution in [1.29, 1.82) is 0 Å². The van der Waals surface area contributed by atoms with Crippen molar-refractivity contribution in [2.45, 2.75) is 6.92 Å². The molecule has 0 aliphatic carbocycles. The molecular formula is C10H12OS. The van der Waals surface area contributed by atoms with E-state index in [0.717, 1.165) is 16.9 Å². The lowest BCUT2D eigenvalue weighted by Crippen LogP contribution is -1.77. The lowest BCUT2D eigenvalue weighted by molar-refractivity contribution is 0.471. The molecule has 0 spiro atoms. The Morgan fingerprint density at radius 2 is 2.25 bits per heavy atom. The maximum absolute atomic E-state index is 9.23. The summed E-state index contributed by atoms with van der Waals surface area (Å²) in [4.78, 5) is 0. The highest BCUT2D eigenvalue weighted by Crippen LogP contribution is 2.17. The molecule has 0 saturated heterocycles. The number of hydrogen-bond acceptors (Lipinski definition) is 2. The van der Waals surface area contributed by atoms with Crippen molar-refractivity contribution in [2.75, 3.05) is 5.75 Å². The van der Waals surface area contributed by atoms with Crippen LogP contribution in [0.2, 0.25) is 0 Å². The zero-order chi connectivity index (χ0) is 8.97. The van der Waals surface area contributed by atoms with E-state index in [1.807, 2.05) is 31.2 Å². The summed E-state index contributed by atoms with van der Waals surface area (Å²) in [5, 5.41) is 9.23. The van der Waals surface area contributed by atoms with E-state index in [9.17, 15) is 5.11 Å². The molecule has 0 fully saturated rings. The molecule has 64 valence electrons. The van der Waals surface area contributed by atoms with Gasteiger partial charge in [0.2, 0.25) is 0 Å². The van der Waals surface area contributed by atoms with Crippen LogP contribution in [0.5, 0.6) is 5.75 Å². The molecule has 1 rings (SSSR count). The van der Waals surface area contributed by atoms with Crippen LogP contribution >= 0.6 is 12.6 Å². The summed E-state index contributed by atoms with van der Waals surface area (Å²) >= 11 is 4.06. The van der Waals surface area contributed by atoms with Gasteiger partial charge in [-0.2, -0.15) is 12.6 Å². The normalized spacial score (nSPS) is 10.8. The van der Waals surface area contributed by atoms with Gasteiger partial charge in [-0.25, -0.2) is 0 Å². The summed E-state index contributed by atoms with van der Waals surface area (Å²) in [6.07, 6.45) is 3.95. The first kappa shape index (κ1) is 9.20. The number of benzene rings is 1. The molecule has 0 aromatic heterocycles. The second-order valence-electron chi connectivity index (χ2n) is 2.63. The van der Waals surface area contributed by atoms with Crippen LogP contribution in [0.15, 0.2) is 24.3 Å². The average Bonchev–Trinajstić information content (AvgIpc) is 2.07. The van der Waals surface area contributed by atoms with E-state index in [1.165, 1.54) is 0 Å². The van der Waals surface area contributed by atoms with Crippen LogP contribution in [0.25, 0.3) is 6.08 Å². The molecule has 0 atom stereocenters. The second-order valence-corrected chi connectivity index (χ2v) is 3.00. The summed E-state index contributed by atoms with van der Waals surface area (Å²) in [5.74, 6) is 1.08. The zero-order valence-electron chi connectivity index (χ0n) is 6.99. The largest absolute Gasteiger partial charge is 0.508 e. The maximum atomic E-state index is 9.23. The molecule has 0 aliphatic rings. The van der Waals surface area contributed by atoms with Gasteiger partial charge in [0.1, 0.15) is 5.75 Å². The molecule has 0 unspecified atom stereocenters. The SMILES string of the molecule is Cc1cc(C=CCS)ccc1O. The first-order chi connectivity index (χ1) is 5.74. The molecule has 1 aromatic carbocycles. The summed E-state index contributed by atoms with van der Waals surface area (Å²) in [6, 6.07) is 5.52. The predicted molar refractivity (Wildman–Crippen MR) is 55.7 cm³/mol. The van der Waals surface area contributed by atoms with Gasteiger partial charge in [-0.05, 0) is 30.2 Å². The van der Waals surface area contributed by atoms with E-state index >= 15 is 0 Å². The van der Waals surface area contributed by atoms with Crippen molar-refractivity contribution in [3.8, 4) is 5.75 Å². The van der Waals surface area contributed by atoms with Gasteiger partial charge in [0.05, 0.1) is 0 Å². The highest BCUT2D eigenvalue weighted by atomic mass is 32.1. The smallest absolute Gasteiger partial charge is 0.118 e. The van der Waals surface area contributed by atoms with Crippen LogP contribution in [0.4, 0.5) is 0 Å². The average molecular weight is 180 g/mol. The number of aromatic hydroxyl groups is 1. The quantitative estimate of drug-likeness (QED) is 0.670. The van der Waals surface area contributed by atoms with E-state index < -0.39 is 0 Å². The van der Waals surface area contributed by atoms with Crippen molar-refractivity contribution >= 4 is 18.7 Å². The van der Waals surface area contributed by atoms with Crippen LogP contribution in [0, 0.1) is 6.92 Å². The fourth-order valence-corrected chi connectivity index (χ4v) is 1.08. The summed E-state index contributed by atoms with van der Waals surface area (Å²) < 4.78 is 0. The van der Waals surface area contributed by atoms with Crippen molar-refractivity contribution in [1.82, 2.24) is 0 Å². The molecule has 1 N–H and O–H groups in total. The standard InChI is InChI=1S/C10H12OS/c1-8-7-9(3-2-6-12)4-5-10(8)11/h2-5,7,11-12H,6H2,1H3. The number of phenols is 1. The Morgan fingerprint density at radius 1 is 1.50 bits per heavy atom. The molecule has 0 heterocycles. The maximum Gasteiger partial charge on any atom is 0.118 e. The Balaban J connectivity index is 2.89. The molecule has 1 nitrogen and oxygen atoms in total. The number of hydrogen-bond donors (Lipinski definition) is 2. The Hall–Kier alpha value is -0.890. The third-order valence-electron chi connectivity index (χ3n) is 1.64. The molecular weight excluding hydrogens is 168 g/mol. The van der Waals surface area contributed by atoms with Crippen LogP contribution in [-0.2, 0) is 0 Å². The van der Waals surface area contributed by atoms with Gasteiger partial charge in [0, 0.05) is 5.75 Å². The highest BCUT2D eigenvalue weighted by Gasteiger charge is 1.93. The Morgan fingerprint density at radius 3 is 2.83 bits per heavy atom. The van der Waals surface area contributed by atoms with Crippen molar-refractivity contribution in [2.24, 2.45) is 0 Å². The second kappa shape index (κ2) is 4.21. The topological polar surface area (TPSA) is 20.2 Å². The molecule has 2 heteroatoms. The third-order valence-corrected chi connectivity index (χ3v) is 1.85. The third kappa shape index (κ3) is 2.31. The summed E-state index contributed by atoms with van der Waals surface area (Å²) in [7, 11) is 0. The number of phenolic OH excluding ortho intramolecular Hbond substituents is 1. The number of aryl methyl sites for hydroxylation is 1. The van der Waals surface area contributed by atoms with Crippen molar-refractivity contribution in [3.63, 3.8) is 0 Å². The van der Waals surface area contributed by atoms with Crippen molar-refractivity contribution in [3.05, 3.63) is 35.4 Å².